The number of aromatic nitrogens is 3. The molecule has 5 nitrogen and oxygen atoms in total. The first-order valence-electron chi connectivity index (χ1n) is 7.02. The second-order valence-electron chi connectivity index (χ2n) is 4.87. The molecule has 0 unspecified atom stereocenters. The van der Waals surface area contributed by atoms with E-state index in [0.717, 1.165) is 21.3 Å². The minimum absolute atomic E-state index is 0.235. The molecule has 2 aromatic heterocycles. The molecule has 0 radical (unpaired) electrons. The van der Waals surface area contributed by atoms with Gasteiger partial charge in [-0.3, -0.25) is 0 Å². The van der Waals surface area contributed by atoms with E-state index in [0.29, 0.717) is 18.8 Å². The number of nitrogens with one attached hydrogen (secondary N) is 1. The summed E-state index contributed by atoms with van der Waals surface area (Å²) in [6.45, 7) is 0.613. The summed E-state index contributed by atoms with van der Waals surface area (Å²) >= 11 is 1.49. The fourth-order valence-corrected chi connectivity index (χ4v) is 2.76. The van der Waals surface area contributed by atoms with E-state index in [4.69, 9.17) is 4.74 Å². The van der Waals surface area contributed by atoms with Gasteiger partial charge in [0.15, 0.2) is 0 Å². The molecule has 3 aromatic rings. The summed E-state index contributed by atoms with van der Waals surface area (Å²) in [7, 11) is 1.59. The van der Waals surface area contributed by atoms with Crippen LogP contribution in [0.2, 0.25) is 0 Å². The number of hydrogen-bond acceptors (Lipinski definition) is 6. The van der Waals surface area contributed by atoms with E-state index in [1.54, 1.807) is 25.4 Å². The third-order valence-electron chi connectivity index (χ3n) is 3.19. The van der Waals surface area contributed by atoms with Crippen LogP contribution in [0.15, 0.2) is 42.6 Å². The van der Waals surface area contributed by atoms with Crippen LogP contribution in [0, 0.1) is 5.82 Å². The zero-order valence-electron chi connectivity index (χ0n) is 12.5. The van der Waals surface area contributed by atoms with E-state index < -0.39 is 0 Å². The van der Waals surface area contributed by atoms with Crippen molar-refractivity contribution in [1.29, 1.82) is 0 Å². The van der Waals surface area contributed by atoms with Crippen molar-refractivity contribution in [3.05, 3.63) is 64.5 Å². The first-order valence-corrected chi connectivity index (χ1v) is 7.84. The number of anilines is 1. The van der Waals surface area contributed by atoms with Gasteiger partial charge in [-0.2, -0.15) is 0 Å². The van der Waals surface area contributed by atoms with Crippen molar-refractivity contribution < 1.29 is 9.13 Å². The van der Waals surface area contributed by atoms with Gasteiger partial charge in [-0.15, -0.1) is 10.2 Å². The molecule has 23 heavy (non-hydrogen) atoms. The molecule has 0 bridgehead atoms. The van der Waals surface area contributed by atoms with E-state index in [9.17, 15) is 4.39 Å². The smallest absolute Gasteiger partial charge is 0.212 e. The van der Waals surface area contributed by atoms with Gasteiger partial charge in [0.2, 0.25) is 11.0 Å². The van der Waals surface area contributed by atoms with Gasteiger partial charge in [-0.25, -0.2) is 9.37 Å². The molecular formula is C16H15FN4OS. The molecule has 0 aliphatic heterocycles. The molecule has 0 amide bonds. The maximum atomic E-state index is 12.9. The molecule has 2 heterocycles. The Morgan fingerprint density at radius 1 is 1.09 bits per heavy atom. The van der Waals surface area contributed by atoms with Gasteiger partial charge >= 0.3 is 0 Å². The largest absolute Gasteiger partial charge is 0.481 e. The average molecular weight is 330 g/mol. The van der Waals surface area contributed by atoms with Crippen molar-refractivity contribution >= 4 is 16.5 Å². The maximum Gasteiger partial charge on any atom is 0.212 e. The lowest BCUT2D eigenvalue weighted by Crippen LogP contribution is -1.99. The zero-order valence-corrected chi connectivity index (χ0v) is 13.3. The van der Waals surface area contributed by atoms with E-state index >= 15 is 0 Å². The lowest BCUT2D eigenvalue weighted by molar-refractivity contribution is 0.397. The second kappa shape index (κ2) is 7.15. The molecule has 0 saturated heterocycles. The summed E-state index contributed by atoms with van der Waals surface area (Å²) in [6, 6.07) is 10.2. The predicted octanol–water partition coefficient (Wildman–Crippen LogP) is 3.28. The summed E-state index contributed by atoms with van der Waals surface area (Å²) in [4.78, 5) is 4.15. The molecule has 118 valence electrons. The minimum atomic E-state index is -0.235. The number of hydrogen-bond donors (Lipinski definition) is 1. The lowest BCUT2D eigenvalue weighted by atomic mass is 10.2. The van der Waals surface area contributed by atoms with Gasteiger partial charge in [0, 0.05) is 25.2 Å². The number of ether oxygens (including phenoxy) is 1. The van der Waals surface area contributed by atoms with Crippen molar-refractivity contribution in [2.45, 2.75) is 13.0 Å². The third-order valence-corrected chi connectivity index (χ3v) is 4.07. The van der Waals surface area contributed by atoms with Crippen LogP contribution >= 0.6 is 11.3 Å². The highest BCUT2D eigenvalue weighted by Crippen LogP contribution is 2.19. The number of methoxy groups -OCH3 is 1. The minimum Gasteiger partial charge on any atom is -0.481 e. The first-order chi connectivity index (χ1) is 11.2. The Bertz CT molecular complexity index is 759. The fourth-order valence-electron chi connectivity index (χ4n) is 1.99. The fraction of sp³-hybridized carbons (Fsp3) is 0.188. The predicted molar refractivity (Wildman–Crippen MR) is 87.2 cm³/mol. The van der Waals surface area contributed by atoms with Crippen molar-refractivity contribution in [2.24, 2.45) is 0 Å². The number of halogens is 1. The molecule has 0 saturated carbocycles. The summed E-state index contributed by atoms with van der Waals surface area (Å²) in [5.41, 5.74) is 2.04. The van der Waals surface area contributed by atoms with Crippen LogP contribution in [0.5, 0.6) is 5.88 Å². The van der Waals surface area contributed by atoms with Crippen LogP contribution in [0.3, 0.4) is 0 Å². The number of pyridine rings is 1. The summed E-state index contributed by atoms with van der Waals surface area (Å²) in [6.07, 6.45) is 2.40. The number of nitrogens with zero attached hydrogens (tertiary/aromatic N) is 3. The highest BCUT2D eigenvalue weighted by Gasteiger charge is 2.05. The molecule has 1 N–H and O–H groups in total. The van der Waals surface area contributed by atoms with Crippen LogP contribution < -0.4 is 10.1 Å². The van der Waals surface area contributed by atoms with E-state index in [2.05, 4.69) is 20.5 Å². The quantitative estimate of drug-likeness (QED) is 0.751. The van der Waals surface area contributed by atoms with Crippen molar-refractivity contribution in [3.8, 4) is 5.88 Å². The van der Waals surface area contributed by atoms with Crippen LogP contribution in [0.4, 0.5) is 9.52 Å². The van der Waals surface area contributed by atoms with Crippen LogP contribution in [0.25, 0.3) is 0 Å². The van der Waals surface area contributed by atoms with Gasteiger partial charge in [0.25, 0.3) is 0 Å². The highest BCUT2D eigenvalue weighted by atomic mass is 32.1. The normalized spacial score (nSPS) is 10.5. The van der Waals surface area contributed by atoms with Gasteiger partial charge in [0.1, 0.15) is 10.8 Å². The van der Waals surface area contributed by atoms with Crippen molar-refractivity contribution in [1.82, 2.24) is 15.2 Å². The number of rotatable bonds is 6. The van der Waals surface area contributed by atoms with E-state index in [1.165, 1.54) is 23.5 Å². The molecule has 0 spiro atoms. The van der Waals surface area contributed by atoms with Crippen LogP contribution in [0.1, 0.15) is 16.1 Å². The Hall–Kier alpha value is -2.54. The Morgan fingerprint density at radius 2 is 1.87 bits per heavy atom. The average Bonchev–Trinajstić information content (AvgIpc) is 3.03. The Balaban J connectivity index is 1.57. The van der Waals surface area contributed by atoms with Gasteiger partial charge in [-0.1, -0.05) is 29.5 Å². The molecule has 0 aliphatic rings. The topological polar surface area (TPSA) is 59.9 Å². The third kappa shape index (κ3) is 4.23. The van der Waals surface area contributed by atoms with Crippen molar-refractivity contribution in [3.63, 3.8) is 0 Å². The van der Waals surface area contributed by atoms with E-state index in [-0.39, 0.29) is 5.82 Å². The van der Waals surface area contributed by atoms with Crippen LogP contribution in [-0.4, -0.2) is 22.3 Å². The standard InChI is InChI=1S/C16H15FN4OS/c1-22-14-7-4-12(9-18-14)10-19-16-21-20-15(23-16)8-11-2-5-13(17)6-3-11/h2-7,9H,8,10H2,1H3,(H,19,21). The first kappa shape index (κ1) is 15.4. The second-order valence-corrected chi connectivity index (χ2v) is 5.93. The van der Waals surface area contributed by atoms with E-state index in [1.807, 2.05) is 12.1 Å². The van der Waals surface area contributed by atoms with Gasteiger partial charge in [0.05, 0.1) is 7.11 Å². The summed E-state index contributed by atoms with van der Waals surface area (Å²) in [5, 5.41) is 13.1. The monoisotopic (exact) mass is 330 g/mol. The SMILES string of the molecule is COc1ccc(CNc2nnc(Cc3ccc(F)cc3)s2)cn1. The summed E-state index contributed by atoms with van der Waals surface area (Å²) < 4.78 is 17.9. The van der Waals surface area contributed by atoms with Gasteiger partial charge in [-0.05, 0) is 23.3 Å². The number of benzene rings is 1. The highest BCUT2D eigenvalue weighted by molar-refractivity contribution is 7.15. The Kier molecular flexibility index (Phi) is 4.77. The maximum absolute atomic E-state index is 12.9. The molecule has 0 fully saturated rings. The molecule has 7 heteroatoms. The summed E-state index contributed by atoms with van der Waals surface area (Å²) in [5.74, 6) is 0.354. The molecule has 3 rings (SSSR count). The van der Waals surface area contributed by atoms with Crippen LogP contribution in [-0.2, 0) is 13.0 Å². The van der Waals surface area contributed by atoms with Crippen molar-refractivity contribution in [2.75, 3.05) is 12.4 Å². The van der Waals surface area contributed by atoms with Gasteiger partial charge < -0.3 is 10.1 Å². The molecule has 0 aliphatic carbocycles. The molecule has 0 atom stereocenters. The Morgan fingerprint density at radius 3 is 2.57 bits per heavy atom. The molecule has 1 aromatic carbocycles. The zero-order chi connectivity index (χ0) is 16.1. The molecular weight excluding hydrogens is 315 g/mol. The lowest BCUT2D eigenvalue weighted by Gasteiger charge is -2.03. The Labute approximate surface area is 137 Å².